The van der Waals surface area contributed by atoms with Crippen LogP contribution in [-0.2, 0) is 4.74 Å². The molecule has 2 aromatic rings. The molecule has 1 aliphatic heterocycles. The number of nitrogens with zero attached hydrogens (tertiary/aromatic N) is 2. The molecule has 7 heteroatoms. The fourth-order valence-electron chi connectivity index (χ4n) is 2.95. The number of primary amides is 1. The quantitative estimate of drug-likeness (QED) is 0.565. The van der Waals surface area contributed by atoms with E-state index in [2.05, 4.69) is 6.92 Å². The molecule has 0 radical (unpaired) electrons. The maximum atomic E-state index is 11.0. The molecule has 1 aliphatic rings. The standard InChI is InChI=1S/C21H25N3O4/c1-15(24(26)20(22)25)16-8-10-18(11-9-16)27-13-12-21(2)14-28-19(23-21)17-6-4-3-5-7-17/h3-11,15,26H,12-14H2,1-2H3,(H2,22,25). The van der Waals surface area contributed by atoms with Crippen LogP contribution in [0.2, 0.25) is 0 Å². The fourth-order valence-corrected chi connectivity index (χ4v) is 2.95. The Morgan fingerprint density at radius 3 is 2.61 bits per heavy atom. The van der Waals surface area contributed by atoms with Crippen molar-refractivity contribution in [1.29, 1.82) is 0 Å². The van der Waals surface area contributed by atoms with E-state index in [1.54, 1.807) is 31.2 Å². The summed E-state index contributed by atoms with van der Waals surface area (Å²) in [6.07, 6.45) is 0.716. The second kappa shape index (κ2) is 8.31. The van der Waals surface area contributed by atoms with Gasteiger partial charge < -0.3 is 15.2 Å². The van der Waals surface area contributed by atoms with Crippen LogP contribution in [0.1, 0.15) is 37.4 Å². The Morgan fingerprint density at radius 2 is 1.96 bits per heavy atom. The van der Waals surface area contributed by atoms with Gasteiger partial charge in [0.25, 0.3) is 0 Å². The van der Waals surface area contributed by atoms with Crippen molar-refractivity contribution in [3.8, 4) is 5.75 Å². The number of ether oxygens (including phenoxy) is 2. The van der Waals surface area contributed by atoms with E-state index < -0.39 is 12.1 Å². The molecular formula is C21H25N3O4. The molecule has 3 N–H and O–H groups in total. The van der Waals surface area contributed by atoms with Gasteiger partial charge in [0.05, 0.1) is 18.2 Å². The summed E-state index contributed by atoms with van der Waals surface area (Å²) in [7, 11) is 0. The van der Waals surface area contributed by atoms with Crippen LogP contribution in [0, 0.1) is 0 Å². The number of hydrogen-bond acceptors (Lipinski definition) is 5. The Bertz CT molecular complexity index is 838. The highest BCUT2D eigenvalue weighted by molar-refractivity contribution is 5.95. The third-order valence-corrected chi connectivity index (χ3v) is 4.78. The molecule has 0 spiro atoms. The first-order valence-corrected chi connectivity index (χ1v) is 9.16. The lowest BCUT2D eigenvalue weighted by Crippen LogP contribution is -2.34. The largest absolute Gasteiger partial charge is 0.494 e. The van der Waals surface area contributed by atoms with Gasteiger partial charge in [-0.15, -0.1) is 0 Å². The van der Waals surface area contributed by atoms with E-state index >= 15 is 0 Å². The van der Waals surface area contributed by atoms with Crippen LogP contribution in [0.25, 0.3) is 0 Å². The number of benzene rings is 2. The highest BCUT2D eigenvalue weighted by atomic mass is 16.5. The Balaban J connectivity index is 1.54. The number of hydrogen-bond donors (Lipinski definition) is 2. The third-order valence-electron chi connectivity index (χ3n) is 4.78. The highest BCUT2D eigenvalue weighted by Crippen LogP contribution is 2.26. The Kier molecular flexibility index (Phi) is 5.84. The number of urea groups is 1. The minimum atomic E-state index is -0.893. The van der Waals surface area contributed by atoms with E-state index in [0.29, 0.717) is 36.3 Å². The number of hydroxylamine groups is 2. The van der Waals surface area contributed by atoms with Crippen molar-refractivity contribution >= 4 is 11.9 Å². The molecule has 1 heterocycles. The minimum Gasteiger partial charge on any atom is -0.494 e. The van der Waals surface area contributed by atoms with Crippen molar-refractivity contribution in [3.05, 3.63) is 65.7 Å². The Hall–Kier alpha value is -3.06. The van der Waals surface area contributed by atoms with Gasteiger partial charge in [-0.1, -0.05) is 30.3 Å². The van der Waals surface area contributed by atoms with Gasteiger partial charge in [-0.25, -0.2) is 9.79 Å². The second-order valence-electron chi connectivity index (χ2n) is 7.09. The van der Waals surface area contributed by atoms with E-state index in [1.807, 2.05) is 30.3 Å². The highest BCUT2D eigenvalue weighted by Gasteiger charge is 2.32. The van der Waals surface area contributed by atoms with E-state index in [9.17, 15) is 10.0 Å². The summed E-state index contributed by atoms with van der Waals surface area (Å²) < 4.78 is 11.6. The number of carbonyl (C=O) groups excluding carboxylic acids is 1. The second-order valence-corrected chi connectivity index (χ2v) is 7.09. The normalized spacial score (nSPS) is 19.5. The van der Waals surface area contributed by atoms with Crippen LogP contribution in [0.15, 0.2) is 59.6 Å². The lowest BCUT2D eigenvalue weighted by Gasteiger charge is -2.21. The monoisotopic (exact) mass is 383 g/mol. The lowest BCUT2D eigenvalue weighted by molar-refractivity contribution is -0.0710. The SMILES string of the molecule is CC(c1ccc(OCCC2(C)COC(c3ccccc3)=N2)cc1)N(O)C(N)=O. The molecule has 0 saturated heterocycles. The molecular weight excluding hydrogens is 358 g/mol. The lowest BCUT2D eigenvalue weighted by atomic mass is 10.0. The summed E-state index contributed by atoms with van der Waals surface area (Å²) in [5, 5.41) is 10.1. The summed E-state index contributed by atoms with van der Waals surface area (Å²) in [4.78, 5) is 15.8. The van der Waals surface area contributed by atoms with Gasteiger partial charge in [0.2, 0.25) is 5.90 Å². The average molecular weight is 383 g/mol. The van der Waals surface area contributed by atoms with Gasteiger partial charge in [0.1, 0.15) is 12.4 Å². The summed E-state index contributed by atoms with van der Waals surface area (Å²) in [5.74, 6) is 1.37. The van der Waals surface area contributed by atoms with E-state index in [0.717, 1.165) is 11.1 Å². The number of aliphatic imine (C=N–C) groups is 1. The van der Waals surface area contributed by atoms with Crippen LogP contribution < -0.4 is 10.5 Å². The topological polar surface area (TPSA) is 97.4 Å². The van der Waals surface area contributed by atoms with Crippen LogP contribution >= 0.6 is 0 Å². The number of rotatable bonds is 7. The van der Waals surface area contributed by atoms with Gasteiger partial charge in [-0.3, -0.25) is 5.21 Å². The van der Waals surface area contributed by atoms with E-state index in [1.165, 1.54) is 0 Å². The van der Waals surface area contributed by atoms with Gasteiger partial charge >= 0.3 is 6.03 Å². The minimum absolute atomic E-state index is 0.321. The first kappa shape index (κ1) is 19.7. The molecule has 2 atom stereocenters. The van der Waals surface area contributed by atoms with E-state index in [-0.39, 0.29) is 5.54 Å². The maximum absolute atomic E-state index is 11.0. The summed E-state index contributed by atoms with van der Waals surface area (Å²) in [5.41, 5.74) is 6.49. The smallest absolute Gasteiger partial charge is 0.339 e. The van der Waals surface area contributed by atoms with Gasteiger partial charge in [-0.05, 0) is 43.7 Å². The van der Waals surface area contributed by atoms with E-state index in [4.69, 9.17) is 20.2 Å². The average Bonchev–Trinajstić information content (AvgIpc) is 3.10. The van der Waals surface area contributed by atoms with Gasteiger partial charge in [-0.2, -0.15) is 5.06 Å². The molecule has 0 bridgehead atoms. The van der Waals surface area contributed by atoms with Gasteiger partial charge in [0, 0.05) is 12.0 Å². The van der Waals surface area contributed by atoms with Crippen molar-refractivity contribution in [1.82, 2.24) is 5.06 Å². The summed E-state index contributed by atoms with van der Waals surface area (Å²) in [6, 6.07) is 15.6. The Labute approximate surface area is 164 Å². The molecule has 2 amide bonds. The number of carbonyl (C=O) groups is 1. The number of amides is 2. The molecule has 2 aromatic carbocycles. The van der Waals surface area contributed by atoms with Crippen molar-refractivity contribution in [2.24, 2.45) is 10.7 Å². The molecule has 148 valence electrons. The molecule has 28 heavy (non-hydrogen) atoms. The van der Waals surface area contributed by atoms with Crippen molar-refractivity contribution < 1.29 is 19.5 Å². The zero-order valence-electron chi connectivity index (χ0n) is 16.0. The first-order chi connectivity index (χ1) is 13.4. The first-order valence-electron chi connectivity index (χ1n) is 9.16. The molecule has 0 aliphatic carbocycles. The third kappa shape index (κ3) is 4.61. The zero-order chi connectivity index (χ0) is 20.1. The van der Waals surface area contributed by atoms with Crippen molar-refractivity contribution in [3.63, 3.8) is 0 Å². The Morgan fingerprint density at radius 1 is 1.29 bits per heavy atom. The predicted octanol–water partition coefficient (Wildman–Crippen LogP) is 3.52. The van der Waals surface area contributed by atoms with Crippen molar-refractivity contribution in [2.45, 2.75) is 31.8 Å². The predicted molar refractivity (Wildman–Crippen MR) is 106 cm³/mol. The van der Waals surface area contributed by atoms with Crippen LogP contribution in [-0.4, -0.2) is 41.0 Å². The van der Waals surface area contributed by atoms with Crippen LogP contribution in [0.3, 0.4) is 0 Å². The molecule has 2 unspecified atom stereocenters. The zero-order valence-corrected chi connectivity index (χ0v) is 16.0. The van der Waals surface area contributed by atoms with Crippen LogP contribution in [0.5, 0.6) is 5.75 Å². The number of nitrogens with two attached hydrogens (primary N) is 1. The summed E-state index contributed by atoms with van der Waals surface area (Å²) in [6.45, 7) is 4.75. The molecule has 3 rings (SSSR count). The van der Waals surface area contributed by atoms with Gasteiger partial charge in [0.15, 0.2) is 0 Å². The molecule has 0 saturated carbocycles. The molecule has 0 aromatic heterocycles. The summed E-state index contributed by atoms with van der Waals surface area (Å²) >= 11 is 0. The fraction of sp³-hybridized carbons (Fsp3) is 0.333. The maximum Gasteiger partial charge on any atom is 0.339 e. The molecule has 7 nitrogen and oxygen atoms in total. The van der Waals surface area contributed by atoms with Crippen molar-refractivity contribution in [2.75, 3.05) is 13.2 Å². The molecule has 0 fully saturated rings. The van der Waals surface area contributed by atoms with Crippen LogP contribution in [0.4, 0.5) is 4.79 Å².